The fraction of sp³-hybridized carbons (Fsp3) is 0.875. The molecule has 0 saturated carbocycles. The standard InChI is InChI=1S/C8H16N2OS/c1-6(8(9)12)10-4-2-3-7(10)5-11/h6-7,11H,2-5H2,1H3,(H2,9,12). The first kappa shape index (κ1) is 9.89. The van der Waals surface area contributed by atoms with Gasteiger partial charge in [0, 0.05) is 6.04 Å². The van der Waals surface area contributed by atoms with Crippen LogP contribution < -0.4 is 5.73 Å². The van der Waals surface area contributed by atoms with Gasteiger partial charge in [-0.1, -0.05) is 12.2 Å². The maximum Gasteiger partial charge on any atom is 0.0899 e. The van der Waals surface area contributed by atoms with E-state index in [1.165, 1.54) is 0 Å². The summed E-state index contributed by atoms with van der Waals surface area (Å²) in [7, 11) is 0. The Kier molecular flexibility index (Phi) is 3.43. The van der Waals surface area contributed by atoms with E-state index in [1.807, 2.05) is 6.92 Å². The molecule has 0 spiro atoms. The normalized spacial score (nSPS) is 27.3. The molecular formula is C8H16N2OS. The number of hydrogen-bond acceptors (Lipinski definition) is 3. The maximum absolute atomic E-state index is 9.04. The second-order valence-electron chi connectivity index (χ2n) is 3.29. The highest BCUT2D eigenvalue weighted by atomic mass is 32.1. The number of rotatable bonds is 3. The predicted molar refractivity (Wildman–Crippen MR) is 53.1 cm³/mol. The Morgan fingerprint density at radius 1 is 1.83 bits per heavy atom. The highest BCUT2D eigenvalue weighted by Crippen LogP contribution is 2.19. The minimum atomic E-state index is 0.125. The van der Waals surface area contributed by atoms with Crippen molar-refractivity contribution >= 4 is 17.2 Å². The van der Waals surface area contributed by atoms with Crippen LogP contribution in [0.25, 0.3) is 0 Å². The number of hydrogen-bond donors (Lipinski definition) is 2. The molecule has 4 heteroatoms. The molecule has 1 aliphatic heterocycles. The van der Waals surface area contributed by atoms with E-state index in [9.17, 15) is 0 Å². The number of likely N-dealkylation sites (tertiary alicyclic amines) is 1. The van der Waals surface area contributed by atoms with Crippen molar-refractivity contribution in [3.8, 4) is 0 Å². The summed E-state index contributed by atoms with van der Waals surface area (Å²) >= 11 is 4.91. The smallest absolute Gasteiger partial charge is 0.0899 e. The Hall–Kier alpha value is -0.190. The van der Waals surface area contributed by atoms with Crippen molar-refractivity contribution in [2.24, 2.45) is 5.73 Å². The third-order valence-corrected chi connectivity index (χ3v) is 2.88. The van der Waals surface area contributed by atoms with Crippen LogP contribution in [-0.2, 0) is 0 Å². The van der Waals surface area contributed by atoms with E-state index in [4.69, 9.17) is 23.1 Å². The van der Waals surface area contributed by atoms with Crippen LogP contribution in [0.15, 0.2) is 0 Å². The minimum Gasteiger partial charge on any atom is -0.395 e. The molecule has 0 aromatic carbocycles. The van der Waals surface area contributed by atoms with E-state index in [0.29, 0.717) is 4.99 Å². The Morgan fingerprint density at radius 2 is 2.50 bits per heavy atom. The number of nitrogens with two attached hydrogens (primary N) is 1. The summed E-state index contributed by atoms with van der Waals surface area (Å²) in [6, 6.07) is 0.390. The second kappa shape index (κ2) is 4.16. The van der Waals surface area contributed by atoms with E-state index >= 15 is 0 Å². The van der Waals surface area contributed by atoms with Crippen molar-refractivity contribution in [1.82, 2.24) is 4.90 Å². The molecule has 0 aromatic heterocycles. The van der Waals surface area contributed by atoms with Crippen LogP contribution in [0.1, 0.15) is 19.8 Å². The molecule has 3 N–H and O–H groups in total. The molecule has 2 atom stereocenters. The van der Waals surface area contributed by atoms with Crippen LogP contribution in [0.3, 0.4) is 0 Å². The summed E-state index contributed by atoms with van der Waals surface area (Å²) in [5, 5.41) is 9.04. The van der Waals surface area contributed by atoms with Gasteiger partial charge in [0.05, 0.1) is 17.6 Å². The lowest BCUT2D eigenvalue weighted by atomic mass is 10.2. The SMILES string of the molecule is CC(C(N)=S)N1CCCC1CO. The summed E-state index contributed by atoms with van der Waals surface area (Å²) in [6.45, 7) is 3.22. The molecule has 1 aliphatic rings. The molecule has 1 heterocycles. The third kappa shape index (κ3) is 1.94. The van der Waals surface area contributed by atoms with Gasteiger partial charge < -0.3 is 10.8 Å². The van der Waals surface area contributed by atoms with Crippen molar-refractivity contribution in [2.75, 3.05) is 13.2 Å². The molecule has 1 rings (SSSR count). The van der Waals surface area contributed by atoms with E-state index in [-0.39, 0.29) is 18.7 Å². The van der Waals surface area contributed by atoms with Crippen LogP contribution in [0, 0.1) is 0 Å². The molecule has 0 aliphatic carbocycles. The molecule has 1 saturated heterocycles. The van der Waals surface area contributed by atoms with Gasteiger partial charge >= 0.3 is 0 Å². The average molecular weight is 188 g/mol. The van der Waals surface area contributed by atoms with Gasteiger partial charge in [-0.15, -0.1) is 0 Å². The fourth-order valence-electron chi connectivity index (χ4n) is 1.73. The van der Waals surface area contributed by atoms with Gasteiger partial charge in [0.1, 0.15) is 0 Å². The molecule has 0 aromatic rings. The summed E-state index contributed by atoms with van der Waals surface area (Å²) < 4.78 is 0. The molecule has 0 radical (unpaired) electrons. The first-order valence-electron chi connectivity index (χ1n) is 4.32. The molecule has 70 valence electrons. The molecule has 0 amide bonds. The summed E-state index contributed by atoms with van der Waals surface area (Å²) in [6.07, 6.45) is 2.20. The topological polar surface area (TPSA) is 49.5 Å². The van der Waals surface area contributed by atoms with Crippen LogP contribution in [-0.4, -0.2) is 40.2 Å². The van der Waals surface area contributed by atoms with Crippen molar-refractivity contribution < 1.29 is 5.11 Å². The number of aliphatic hydroxyl groups is 1. The number of thiocarbonyl (C=S) groups is 1. The van der Waals surface area contributed by atoms with Crippen LogP contribution in [0.4, 0.5) is 0 Å². The van der Waals surface area contributed by atoms with Crippen molar-refractivity contribution in [2.45, 2.75) is 31.8 Å². The van der Waals surface area contributed by atoms with Gasteiger partial charge in [0.2, 0.25) is 0 Å². The zero-order chi connectivity index (χ0) is 9.14. The van der Waals surface area contributed by atoms with Gasteiger partial charge in [0.25, 0.3) is 0 Å². The van der Waals surface area contributed by atoms with E-state index in [1.54, 1.807) is 0 Å². The first-order chi connectivity index (χ1) is 5.66. The first-order valence-corrected chi connectivity index (χ1v) is 4.73. The molecule has 2 unspecified atom stereocenters. The molecule has 0 bridgehead atoms. The predicted octanol–water partition coefficient (Wildman–Crippen LogP) is 0.118. The summed E-state index contributed by atoms with van der Waals surface area (Å²) in [4.78, 5) is 2.71. The zero-order valence-electron chi connectivity index (χ0n) is 7.36. The van der Waals surface area contributed by atoms with Crippen molar-refractivity contribution in [3.63, 3.8) is 0 Å². The van der Waals surface area contributed by atoms with Crippen molar-refractivity contribution in [3.05, 3.63) is 0 Å². The highest BCUT2D eigenvalue weighted by Gasteiger charge is 2.28. The average Bonchev–Trinajstić information content (AvgIpc) is 2.49. The van der Waals surface area contributed by atoms with E-state index in [0.717, 1.165) is 19.4 Å². The van der Waals surface area contributed by atoms with Gasteiger partial charge in [-0.05, 0) is 26.3 Å². The van der Waals surface area contributed by atoms with E-state index in [2.05, 4.69) is 4.90 Å². The van der Waals surface area contributed by atoms with E-state index < -0.39 is 0 Å². The van der Waals surface area contributed by atoms with Crippen molar-refractivity contribution in [1.29, 1.82) is 0 Å². The monoisotopic (exact) mass is 188 g/mol. The lowest BCUT2D eigenvalue weighted by Crippen LogP contribution is -2.45. The molecular weight excluding hydrogens is 172 g/mol. The van der Waals surface area contributed by atoms with Gasteiger partial charge in [-0.3, -0.25) is 4.90 Å². The fourth-order valence-corrected chi connectivity index (χ4v) is 1.86. The largest absolute Gasteiger partial charge is 0.395 e. The Bertz CT molecular complexity index is 174. The molecule has 1 fully saturated rings. The Balaban J connectivity index is 2.55. The zero-order valence-corrected chi connectivity index (χ0v) is 8.18. The van der Waals surface area contributed by atoms with Crippen LogP contribution in [0.5, 0.6) is 0 Å². The van der Waals surface area contributed by atoms with Gasteiger partial charge in [-0.25, -0.2) is 0 Å². The number of aliphatic hydroxyl groups excluding tert-OH is 1. The second-order valence-corrected chi connectivity index (χ2v) is 3.77. The lowest BCUT2D eigenvalue weighted by Gasteiger charge is -2.28. The molecule has 3 nitrogen and oxygen atoms in total. The number of nitrogens with zero attached hydrogens (tertiary/aromatic N) is 1. The maximum atomic E-state index is 9.04. The Labute approximate surface area is 78.5 Å². The Morgan fingerprint density at radius 3 is 3.00 bits per heavy atom. The van der Waals surface area contributed by atoms with Gasteiger partial charge in [-0.2, -0.15) is 0 Å². The molecule has 12 heavy (non-hydrogen) atoms. The summed E-state index contributed by atoms with van der Waals surface area (Å²) in [5.41, 5.74) is 5.54. The third-order valence-electron chi connectivity index (χ3n) is 2.54. The highest BCUT2D eigenvalue weighted by molar-refractivity contribution is 7.80. The lowest BCUT2D eigenvalue weighted by molar-refractivity contribution is 0.149. The summed E-state index contributed by atoms with van der Waals surface area (Å²) in [5.74, 6) is 0. The quantitative estimate of drug-likeness (QED) is 0.618. The van der Waals surface area contributed by atoms with Crippen LogP contribution in [0.2, 0.25) is 0 Å². The van der Waals surface area contributed by atoms with Gasteiger partial charge in [0.15, 0.2) is 0 Å². The van der Waals surface area contributed by atoms with Crippen LogP contribution >= 0.6 is 12.2 Å². The minimum absolute atomic E-state index is 0.125.